The lowest BCUT2D eigenvalue weighted by Gasteiger charge is -2.19. The summed E-state index contributed by atoms with van der Waals surface area (Å²) in [5.41, 5.74) is 2.09. The molecule has 0 aromatic heterocycles. The van der Waals surface area contributed by atoms with Gasteiger partial charge < -0.3 is 19.9 Å². The molecule has 0 amide bonds. The molecule has 130 valence electrons. The molecule has 0 aliphatic carbocycles. The molecule has 1 atom stereocenters. The lowest BCUT2D eigenvalue weighted by atomic mass is 10.1. The molecule has 2 rings (SSSR count). The van der Waals surface area contributed by atoms with Gasteiger partial charge in [-0.05, 0) is 24.1 Å². The number of aliphatic hydroxyl groups is 1. The highest BCUT2D eigenvalue weighted by molar-refractivity contribution is 9.10. The smallest absolute Gasteiger partial charge is 0.166 e. The molecule has 0 saturated heterocycles. The van der Waals surface area contributed by atoms with E-state index < -0.39 is 0 Å². The van der Waals surface area contributed by atoms with Gasteiger partial charge in [-0.15, -0.1) is 0 Å². The Morgan fingerprint density at radius 1 is 1.21 bits per heavy atom. The summed E-state index contributed by atoms with van der Waals surface area (Å²) in [6, 6.07) is 14.0. The lowest BCUT2D eigenvalue weighted by molar-refractivity contribution is 0.236. The van der Waals surface area contributed by atoms with E-state index in [2.05, 4.69) is 21.2 Å². The topological polar surface area (TPSA) is 50.7 Å². The Bertz CT molecular complexity index is 630. The van der Waals surface area contributed by atoms with Crippen LogP contribution in [0.15, 0.2) is 46.9 Å². The average Bonchev–Trinajstić information content (AvgIpc) is 2.62. The molecule has 24 heavy (non-hydrogen) atoms. The van der Waals surface area contributed by atoms with Crippen molar-refractivity contribution < 1.29 is 14.6 Å². The zero-order chi connectivity index (χ0) is 17.4. The maximum atomic E-state index is 9.35. The average molecular weight is 394 g/mol. The van der Waals surface area contributed by atoms with Crippen LogP contribution in [0.5, 0.6) is 11.5 Å². The van der Waals surface area contributed by atoms with Gasteiger partial charge in [0.1, 0.15) is 6.61 Å². The number of benzene rings is 2. The first-order chi connectivity index (χ1) is 11.7. The molecule has 0 heterocycles. The van der Waals surface area contributed by atoms with Gasteiger partial charge >= 0.3 is 0 Å². The zero-order valence-corrected chi connectivity index (χ0v) is 15.7. The highest BCUT2D eigenvalue weighted by atomic mass is 79.9. The second-order valence-electron chi connectivity index (χ2n) is 5.54. The molecule has 2 aromatic rings. The molecule has 0 bridgehead atoms. The van der Waals surface area contributed by atoms with Crippen molar-refractivity contribution in [2.24, 2.45) is 0 Å². The number of rotatable bonds is 9. The molecular weight excluding hydrogens is 370 g/mol. The predicted octanol–water partition coefficient (Wildman–Crippen LogP) is 3.90. The van der Waals surface area contributed by atoms with Crippen LogP contribution in [-0.2, 0) is 13.2 Å². The van der Waals surface area contributed by atoms with E-state index in [1.54, 1.807) is 7.11 Å². The number of hydrogen-bond acceptors (Lipinski definition) is 4. The summed E-state index contributed by atoms with van der Waals surface area (Å²) >= 11 is 3.51. The Morgan fingerprint density at radius 2 is 1.96 bits per heavy atom. The van der Waals surface area contributed by atoms with Crippen LogP contribution in [0, 0.1) is 0 Å². The summed E-state index contributed by atoms with van der Waals surface area (Å²) in [6.07, 6.45) is 0.863. The standard InChI is InChI=1S/C19H24BrNO3/c1-3-17(12-22)21-11-15-9-16(20)10-18(23-2)19(15)24-13-14-7-5-4-6-8-14/h4-10,17,21-22H,3,11-13H2,1-2H3/t17-/m1/s1. The first-order valence-electron chi connectivity index (χ1n) is 8.05. The normalized spacial score (nSPS) is 12.0. The number of halogens is 1. The van der Waals surface area contributed by atoms with Crippen molar-refractivity contribution in [3.63, 3.8) is 0 Å². The maximum Gasteiger partial charge on any atom is 0.166 e. The van der Waals surface area contributed by atoms with Crippen molar-refractivity contribution in [1.29, 1.82) is 0 Å². The highest BCUT2D eigenvalue weighted by Gasteiger charge is 2.14. The van der Waals surface area contributed by atoms with Crippen molar-refractivity contribution in [1.82, 2.24) is 5.32 Å². The van der Waals surface area contributed by atoms with E-state index in [-0.39, 0.29) is 12.6 Å². The fourth-order valence-corrected chi connectivity index (χ4v) is 2.88. The van der Waals surface area contributed by atoms with Gasteiger partial charge in [-0.1, -0.05) is 53.2 Å². The number of ether oxygens (including phenoxy) is 2. The molecule has 0 saturated carbocycles. The van der Waals surface area contributed by atoms with Crippen LogP contribution in [0.1, 0.15) is 24.5 Å². The number of methoxy groups -OCH3 is 1. The minimum Gasteiger partial charge on any atom is -0.493 e. The minimum atomic E-state index is 0.0666. The van der Waals surface area contributed by atoms with Crippen molar-refractivity contribution >= 4 is 15.9 Å². The predicted molar refractivity (Wildman–Crippen MR) is 99.5 cm³/mol. The van der Waals surface area contributed by atoms with Crippen molar-refractivity contribution in [3.05, 3.63) is 58.1 Å². The number of aliphatic hydroxyl groups excluding tert-OH is 1. The van der Waals surface area contributed by atoms with E-state index in [1.807, 2.05) is 49.4 Å². The van der Waals surface area contributed by atoms with Crippen LogP contribution in [-0.4, -0.2) is 24.9 Å². The molecule has 2 N–H and O–H groups in total. The van der Waals surface area contributed by atoms with Crippen molar-refractivity contribution in [3.8, 4) is 11.5 Å². The first-order valence-corrected chi connectivity index (χ1v) is 8.84. The van der Waals surface area contributed by atoms with Crippen LogP contribution < -0.4 is 14.8 Å². The molecule has 0 aliphatic rings. The van der Waals surface area contributed by atoms with Crippen LogP contribution in [0.4, 0.5) is 0 Å². The second kappa shape index (κ2) is 9.67. The van der Waals surface area contributed by atoms with Gasteiger partial charge in [-0.25, -0.2) is 0 Å². The third-order valence-electron chi connectivity index (χ3n) is 3.84. The van der Waals surface area contributed by atoms with E-state index in [1.165, 1.54) is 0 Å². The fraction of sp³-hybridized carbons (Fsp3) is 0.368. The monoisotopic (exact) mass is 393 g/mol. The molecule has 0 radical (unpaired) electrons. The van der Waals surface area contributed by atoms with Gasteiger partial charge in [0.15, 0.2) is 11.5 Å². The molecule has 4 nitrogen and oxygen atoms in total. The minimum absolute atomic E-state index is 0.0666. The Balaban J connectivity index is 2.19. The van der Waals surface area contributed by atoms with E-state index >= 15 is 0 Å². The SMILES string of the molecule is CC[C@H](CO)NCc1cc(Br)cc(OC)c1OCc1ccccc1. The van der Waals surface area contributed by atoms with Crippen LogP contribution in [0.3, 0.4) is 0 Å². The van der Waals surface area contributed by atoms with E-state index in [0.29, 0.717) is 18.9 Å². The Morgan fingerprint density at radius 3 is 2.58 bits per heavy atom. The summed E-state index contributed by atoms with van der Waals surface area (Å²) in [6.45, 7) is 3.23. The summed E-state index contributed by atoms with van der Waals surface area (Å²) in [4.78, 5) is 0. The van der Waals surface area contributed by atoms with Gasteiger partial charge in [0, 0.05) is 22.6 Å². The van der Waals surface area contributed by atoms with Gasteiger partial charge in [-0.2, -0.15) is 0 Å². The molecule has 0 spiro atoms. The van der Waals surface area contributed by atoms with Gasteiger partial charge in [-0.3, -0.25) is 0 Å². The van der Waals surface area contributed by atoms with Gasteiger partial charge in [0.25, 0.3) is 0 Å². The first kappa shape index (κ1) is 18.8. The molecule has 0 fully saturated rings. The van der Waals surface area contributed by atoms with Crippen LogP contribution in [0.25, 0.3) is 0 Å². The summed E-state index contributed by atoms with van der Waals surface area (Å²) in [5, 5.41) is 12.7. The molecule has 0 aliphatic heterocycles. The summed E-state index contributed by atoms with van der Waals surface area (Å²) < 4.78 is 12.5. The second-order valence-corrected chi connectivity index (χ2v) is 6.45. The van der Waals surface area contributed by atoms with Crippen LogP contribution in [0.2, 0.25) is 0 Å². The van der Waals surface area contributed by atoms with Gasteiger partial charge in [0.2, 0.25) is 0 Å². The third-order valence-corrected chi connectivity index (χ3v) is 4.29. The number of nitrogens with one attached hydrogen (secondary N) is 1. The Kier molecular flexibility index (Phi) is 7.56. The summed E-state index contributed by atoms with van der Waals surface area (Å²) in [7, 11) is 1.64. The van der Waals surface area contributed by atoms with E-state index in [0.717, 1.165) is 27.8 Å². The number of hydrogen-bond donors (Lipinski definition) is 2. The van der Waals surface area contributed by atoms with E-state index in [9.17, 15) is 5.11 Å². The molecule has 5 heteroatoms. The Hall–Kier alpha value is -1.56. The molecule has 0 unspecified atom stereocenters. The fourth-order valence-electron chi connectivity index (χ4n) is 2.39. The van der Waals surface area contributed by atoms with E-state index in [4.69, 9.17) is 9.47 Å². The zero-order valence-electron chi connectivity index (χ0n) is 14.1. The maximum absolute atomic E-state index is 9.35. The lowest BCUT2D eigenvalue weighted by Crippen LogP contribution is -2.31. The van der Waals surface area contributed by atoms with Crippen molar-refractivity contribution in [2.75, 3.05) is 13.7 Å². The third kappa shape index (κ3) is 5.23. The molecular formula is C19H24BrNO3. The summed E-state index contributed by atoms with van der Waals surface area (Å²) in [5.74, 6) is 1.42. The van der Waals surface area contributed by atoms with Crippen LogP contribution >= 0.6 is 15.9 Å². The quantitative estimate of drug-likeness (QED) is 0.678. The van der Waals surface area contributed by atoms with Crippen molar-refractivity contribution in [2.45, 2.75) is 32.5 Å². The largest absolute Gasteiger partial charge is 0.493 e. The molecule has 2 aromatic carbocycles. The Labute approximate surface area is 151 Å². The highest BCUT2D eigenvalue weighted by Crippen LogP contribution is 2.35. The van der Waals surface area contributed by atoms with Gasteiger partial charge in [0.05, 0.1) is 13.7 Å².